The van der Waals surface area contributed by atoms with Crippen LogP contribution in [0.1, 0.15) is 74.1 Å². The van der Waals surface area contributed by atoms with E-state index in [1.54, 1.807) is 6.92 Å². The lowest BCUT2D eigenvalue weighted by molar-refractivity contribution is -0.249. The smallest absolute Gasteiger partial charge is 0.358 e. The summed E-state index contributed by atoms with van der Waals surface area (Å²) in [5.74, 6) is -3.88. The van der Waals surface area contributed by atoms with Crippen LogP contribution in [-0.2, 0) is 38.2 Å². The average Bonchev–Trinajstić information content (AvgIpc) is 2.78. The van der Waals surface area contributed by atoms with Gasteiger partial charge < -0.3 is 14.2 Å². The van der Waals surface area contributed by atoms with Gasteiger partial charge in [-0.2, -0.15) is 0 Å². The first-order valence-electron chi connectivity index (χ1n) is 12.7. The van der Waals surface area contributed by atoms with Crippen LogP contribution in [-0.4, -0.2) is 48.3 Å². The first-order valence-corrected chi connectivity index (χ1v) is 12.7. The van der Waals surface area contributed by atoms with Crippen molar-refractivity contribution in [3.63, 3.8) is 0 Å². The number of esters is 3. The van der Waals surface area contributed by atoms with Crippen molar-refractivity contribution in [2.45, 2.75) is 85.9 Å². The normalized spacial score (nSPS) is 45.6. The number of hydrogen-bond acceptors (Lipinski definition) is 8. The standard InChI is InChI=1S/C28H38O8/c1-14-12-17-25(5)11-10-18(30)24(3,4)16(25)13-19(35-15(2)29)27(17,7)20-21(31)36-28(8,23(33)34-9)22(32)26(14,20)6/h16-17,19-20H,1,10-13H2,2-9H3/t16-,17+,19-,20+,25+,26+,27+,28+/m0/s1. The molecule has 0 spiro atoms. The molecule has 8 nitrogen and oxygen atoms in total. The third-order valence-corrected chi connectivity index (χ3v) is 10.7. The molecule has 0 bridgehead atoms. The van der Waals surface area contributed by atoms with Crippen molar-refractivity contribution in [1.29, 1.82) is 0 Å². The third kappa shape index (κ3) is 3.02. The molecular formula is C28H38O8. The Balaban J connectivity index is 1.94. The lowest BCUT2D eigenvalue weighted by atomic mass is 9.35. The first-order chi connectivity index (χ1) is 16.4. The number of carbonyl (C=O) groups excluding carboxylic acids is 5. The zero-order valence-electron chi connectivity index (χ0n) is 22.6. The molecule has 0 amide bonds. The fourth-order valence-corrected chi connectivity index (χ4v) is 8.69. The Labute approximate surface area is 212 Å². The van der Waals surface area contributed by atoms with Crippen LogP contribution < -0.4 is 0 Å². The highest BCUT2D eigenvalue weighted by atomic mass is 16.6. The van der Waals surface area contributed by atoms with Gasteiger partial charge >= 0.3 is 17.9 Å². The molecule has 1 saturated heterocycles. The molecule has 3 saturated carbocycles. The van der Waals surface area contributed by atoms with Crippen LogP contribution in [0.4, 0.5) is 0 Å². The largest absolute Gasteiger partial charge is 0.466 e. The predicted molar refractivity (Wildman–Crippen MR) is 128 cm³/mol. The summed E-state index contributed by atoms with van der Waals surface area (Å²) in [5, 5.41) is 0. The van der Waals surface area contributed by atoms with Gasteiger partial charge in [0.05, 0.1) is 18.4 Å². The Morgan fingerprint density at radius 3 is 2.19 bits per heavy atom. The van der Waals surface area contributed by atoms with Gasteiger partial charge in [-0.1, -0.05) is 39.8 Å². The summed E-state index contributed by atoms with van der Waals surface area (Å²) in [7, 11) is 1.14. The lowest BCUT2D eigenvalue weighted by Gasteiger charge is -2.69. The van der Waals surface area contributed by atoms with Crippen molar-refractivity contribution in [2.24, 2.45) is 39.4 Å². The molecule has 4 aliphatic rings. The maximum absolute atomic E-state index is 14.0. The van der Waals surface area contributed by atoms with Crippen LogP contribution >= 0.6 is 0 Å². The van der Waals surface area contributed by atoms with Crippen LogP contribution in [0.3, 0.4) is 0 Å². The number of carbonyl (C=O) groups is 5. The van der Waals surface area contributed by atoms with E-state index in [2.05, 4.69) is 13.5 Å². The molecule has 3 aliphatic carbocycles. The summed E-state index contributed by atoms with van der Waals surface area (Å²) in [6.07, 6.45) is 1.10. The molecule has 4 rings (SSSR count). The van der Waals surface area contributed by atoms with E-state index in [9.17, 15) is 24.0 Å². The molecule has 36 heavy (non-hydrogen) atoms. The number of hydrogen-bond donors (Lipinski definition) is 0. The summed E-state index contributed by atoms with van der Waals surface area (Å²) in [6.45, 7) is 16.5. The highest BCUT2D eigenvalue weighted by Gasteiger charge is 2.76. The van der Waals surface area contributed by atoms with Crippen molar-refractivity contribution in [3.8, 4) is 0 Å². The minimum atomic E-state index is -2.10. The molecule has 1 heterocycles. The van der Waals surface area contributed by atoms with Crippen LogP contribution in [0, 0.1) is 39.4 Å². The molecule has 198 valence electrons. The molecular weight excluding hydrogens is 464 g/mol. The molecule has 8 atom stereocenters. The fourth-order valence-electron chi connectivity index (χ4n) is 8.69. The van der Waals surface area contributed by atoms with Gasteiger partial charge in [0.25, 0.3) is 5.60 Å². The fraction of sp³-hybridized carbons (Fsp3) is 0.750. The Kier molecular flexibility index (Phi) is 5.71. The molecule has 0 radical (unpaired) electrons. The Morgan fingerprint density at radius 2 is 1.64 bits per heavy atom. The van der Waals surface area contributed by atoms with E-state index in [0.717, 1.165) is 7.11 Å². The van der Waals surface area contributed by atoms with Crippen LogP contribution in [0.5, 0.6) is 0 Å². The second-order valence-corrected chi connectivity index (χ2v) is 12.7. The molecule has 8 heteroatoms. The quantitative estimate of drug-likeness (QED) is 0.244. The number of ketones is 2. The minimum Gasteiger partial charge on any atom is -0.466 e. The number of allylic oxidation sites excluding steroid dienone is 1. The van der Waals surface area contributed by atoms with Crippen LogP contribution in [0.15, 0.2) is 12.2 Å². The van der Waals surface area contributed by atoms with Gasteiger partial charge in [-0.05, 0) is 50.4 Å². The predicted octanol–water partition coefficient (Wildman–Crippen LogP) is 3.60. The number of rotatable bonds is 2. The number of ether oxygens (including phenoxy) is 3. The van der Waals surface area contributed by atoms with Gasteiger partial charge in [0.2, 0.25) is 0 Å². The van der Waals surface area contributed by atoms with Gasteiger partial charge in [0.1, 0.15) is 11.9 Å². The zero-order chi connectivity index (χ0) is 27.2. The highest BCUT2D eigenvalue weighted by Crippen LogP contribution is 2.72. The number of fused-ring (bicyclic) bond motifs is 5. The molecule has 0 aromatic rings. The summed E-state index contributed by atoms with van der Waals surface area (Å²) in [5.41, 5.74) is -4.98. The van der Waals surface area contributed by atoms with E-state index in [4.69, 9.17) is 14.2 Å². The molecule has 0 aromatic carbocycles. The molecule has 0 unspecified atom stereocenters. The van der Waals surface area contributed by atoms with Gasteiger partial charge in [0.15, 0.2) is 5.78 Å². The second-order valence-electron chi connectivity index (χ2n) is 12.7. The molecule has 0 aromatic heterocycles. The van der Waals surface area contributed by atoms with Crippen molar-refractivity contribution in [3.05, 3.63) is 12.2 Å². The SMILES string of the molecule is C=C1C[C@@H]2[C@]3(C)CCC(=O)C(C)(C)[C@@H]3C[C@H](OC(C)=O)[C@]2(C)[C@@H]2C(=O)O[C@@](C)(C(=O)OC)C(=O)[C@]12C. The number of Topliss-reactive ketones (excluding diaryl/α,β-unsaturated/α-hetero) is 2. The lowest BCUT2D eigenvalue weighted by Crippen LogP contribution is -2.74. The van der Waals surface area contributed by atoms with Gasteiger partial charge in [-0.3, -0.25) is 19.2 Å². The maximum Gasteiger partial charge on any atom is 0.358 e. The van der Waals surface area contributed by atoms with E-state index in [0.29, 0.717) is 31.3 Å². The van der Waals surface area contributed by atoms with Gasteiger partial charge in [-0.15, -0.1) is 0 Å². The Hall–Kier alpha value is -2.51. The number of methoxy groups -OCH3 is 1. The van der Waals surface area contributed by atoms with Crippen molar-refractivity contribution < 1.29 is 38.2 Å². The van der Waals surface area contributed by atoms with Crippen molar-refractivity contribution in [2.75, 3.05) is 7.11 Å². The summed E-state index contributed by atoms with van der Waals surface area (Å²) in [4.78, 5) is 65.9. The average molecular weight is 503 g/mol. The highest BCUT2D eigenvalue weighted by molar-refractivity contribution is 6.15. The van der Waals surface area contributed by atoms with E-state index in [1.165, 1.54) is 13.8 Å². The second kappa shape index (κ2) is 7.75. The van der Waals surface area contributed by atoms with Crippen molar-refractivity contribution >= 4 is 29.5 Å². The maximum atomic E-state index is 14.0. The summed E-state index contributed by atoms with van der Waals surface area (Å²) < 4.78 is 16.4. The Bertz CT molecular complexity index is 1090. The van der Waals surface area contributed by atoms with E-state index >= 15 is 0 Å². The first kappa shape index (κ1) is 26.6. The molecule has 1 aliphatic heterocycles. The Morgan fingerprint density at radius 1 is 1.03 bits per heavy atom. The number of cyclic esters (lactones) is 1. The van der Waals surface area contributed by atoms with E-state index in [1.807, 2.05) is 20.8 Å². The third-order valence-electron chi connectivity index (χ3n) is 10.7. The van der Waals surface area contributed by atoms with Gasteiger partial charge in [-0.25, -0.2) is 4.79 Å². The monoisotopic (exact) mass is 502 g/mol. The topological polar surface area (TPSA) is 113 Å². The van der Waals surface area contributed by atoms with E-state index in [-0.39, 0.29) is 23.0 Å². The zero-order valence-corrected chi connectivity index (χ0v) is 22.6. The summed E-state index contributed by atoms with van der Waals surface area (Å²) in [6, 6.07) is 0. The van der Waals surface area contributed by atoms with Crippen LogP contribution in [0.25, 0.3) is 0 Å². The molecule has 0 N–H and O–H groups in total. The van der Waals surface area contributed by atoms with Gasteiger partial charge in [0, 0.05) is 24.2 Å². The summed E-state index contributed by atoms with van der Waals surface area (Å²) >= 11 is 0. The van der Waals surface area contributed by atoms with E-state index < -0.39 is 57.6 Å². The van der Waals surface area contributed by atoms with Crippen molar-refractivity contribution in [1.82, 2.24) is 0 Å². The molecule has 4 fully saturated rings. The minimum absolute atomic E-state index is 0.0959. The van der Waals surface area contributed by atoms with Crippen LogP contribution in [0.2, 0.25) is 0 Å².